The largest absolute Gasteiger partial charge is 0.476 e. The fourth-order valence-electron chi connectivity index (χ4n) is 4.03. The second-order valence-corrected chi connectivity index (χ2v) is 9.20. The zero-order chi connectivity index (χ0) is 29.4. The normalized spacial score (nSPS) is 12.3. The summed E-state index contributed by atoms with van der Waals surface area (Å²) in [6.07, 6.45) is -1.19. The van der Waals surface area contributed by atoms with Crippen molar-refractivity contribution in [2.24, 2.45) is 0 Å². The predicted molar refractivity (Wildman–Crippen MR) is 147 cm³/mol. The molecule has 0 radical (unpaired) electrons. The summed E-state index contributed by atoms with van der Waals surface area (Å²) in [5, 5.41) is 9.38. The molecule has 0 unspecified atom stereocenters. The summed E-state index contributed by atoms with van der Waals surface area (Å²) in [5.41, 5.74) is 1.46. The number of hydrogen-bond acceptors (Lipinski definition) is 5. The maximum atomic E-state index is 14.3. The molecule has 0 aliphatic heterocycles. The summed E-state index contributed by atoms with van der Waals surface area (Å²) >= 11 is 0. The summed E-state index contributed by atoms with van der Waals surface area (Å²) in [4.78, 5) is 17.3. The van der Waals surface area contributed by atoms with Crippen molar-refractivity contribution in [1.29, 1.82) is 0 Å². The molecule has 1 amide bonds. The Kier molecular flexibility index (Phi) is 9.37. The Hall–Kier alpha value is -4.69. The highest BCUT2D eigenvalue weighted by molar-refractivity contribution is 6.00. The van der Waals surface area contributed by atoms with Gasteiger partial charge in [-0.15, -0.1) is 0 Å². The molecule has 4 aromatic rings. The van der Waals surface area contributed by atoms with Crippen molar-refractivity contribution in [1.82, 2.24) is 25.4 Å². The Morgan fingerprint density at radius 3 is 2.66 bits per heavy atom. The quantitative estimate of drug-likeness (QED) is 0.148. The number of rotatable bonds is 11. The molecule has 212 valence electrons. The van der Waals surface area contributed by atoms with E-state index in [0.29, 0.717) is 29.7 Å². The number of halogens is 4. The fourth-order valence-corrected chi connectivity index (χ4v) is 4.03. The van der Waals surface area contributed by atoms with Crippen LogP contribution in [0.2, 0.25) is 0 Å². The van der Waals surface area contributed by atoms with Gasteiger partial charge in [-0.25, -0.2) is 4.98 Å². The molecule has 2 heterocycles. The van der Waals surface area contributed by atoms with Crippen molar-refractivity contribution in [2.75, 3.05) is 33.8 Å². The molecule has 41 heavy (non-hydrogen) atoms. The molecule has 0 saturated carbocycles. The molecule has 2 aromatic heterocycles. The van der Waals surface area contributed by atoms with Crippen LogP contribution in [-0.2, 0) is 4.79 Å². The van der Waals surface area contributed by atoms with E-state index < -0.39 is 18.5 Å². The van der Waals surface area contributed by atoms with Gasteiger partial charge in [-0.3, -0.25) is 9.89 Å². The second kappa shape index (κ2) is 13.1. The molecule has 0 spiro atoms. The number of ether oxygens (including phenoxy) is 1. The molecular weight excluding hydrogens is 538 g/mol. The third-order valence-electron chi connectivity index (χ3n) is 5.97. The number of H-pyrrole nitrogens is 1. The van der Waals surface area contributed by atoms with Crippen LogP contribution in [0.3, 0.4) is 0 Å². The number of alkyl halides is 3. The second-order valence-electron chi connectivity index (χ2n) is 9.20. The number of benzene rings is 1. The van der Waals surface area contributed by atoms with Crippen molar-refractivity contribution < 1.29 is 27.1 Å². The van der Waals surface area contributed by atoms with Gasteiger partial charge in [0.15, 0.2) is 0 Å². The number of nitrogens with zero attached hydrogens (tertiary/aromatic N) is 3. The maximum Gasteiger partial charge on any atom is 0.393 e. The Morgan fingerprint density at radius 1 is 1.17 bits per heavy atom. The standard InChI is InChI=1S/C30H27F4N5O2/c1-39(2)27(40)9-6-14-35-15-16-41-26-13-11-22(19-36-26)28(21-10-12-25-23(17-21)29(31)38-37-25)24(18-30(32,33)34)20-7-4-3-5-8-20/h3-4,6-7,9-13,17,19,35H,14-16,18H2,1-2H3,(H,37,38)/b9-6+,28-24-. The zero-order valence-corrected chi connectivity index (χ0v) is 22.3. The molecule has 0 saturated heterocycles. The average Bonchev–Trinajstić information content (AvgIpc) is 3.32. The number of amides is 1. The number of aromatic nitrogens is 3. The maximum absolute atomic E-state index is 14.3. The lowest BCUT2D eigenvalue weighted by molar-refractivity contribution is -0.124. The third kappa shape index (κ3) is 7.93. The van der Waals surface area contributed by atoms with Crippen LogP contribution >= 0.6 is 0 Å². The van der Waals surface area contributed by atoms with Crippen molar-refractivity contribution in [3.8, 4) is 5.88 Å². The molecule has 2 N–H and O–H groups in total. The molecule has 0 bridgehead atoms. The van der Waals surface area contributed by atoms with Gasteiger partial charge in [0.2, 0.25) is 17.7 Å². The van der Waals surface area contributed by atoms with Gasteiger partial charge < -0.3 is 15.0 Å². The lowest BCUT2D eigenvalue weighted by Crippen LogP contribution is -2.22. The van der Waals surface area contributed by atoms with Gasteiger partial charge in [0, 0.05) is 56.7 Å². The van der Waals surface area contributed by atoms with Crippen LogP contribution < -0.4 is 10.1 Å². The smallest absolute Gasteiger partial charge is 0.393 e. The average molecular weight is 566 g/mol. The molecular formula is C30H27F4N5O2. The van der Waals surface area contributed by atoms with E-state index in [1.54, 1.807) is 56.6 Å². The van der Waals surface area contributed by atoms with Crippen LogP contribution in [0.1, 0.15) is 23.1 Å². The molecule has 0 aliphatic carbocycles. The number of fused-ring (bicyclic) bond motifs is 1. The lowest BCUT2D eigenvalue weighted by Gasteiger charge is -2.18. The number of allylic oxidation sites excluding steroid dienone is 1. The Bertz CT molecular complexity index is 1530. The van der Waals surface area contributed by atoms with E-state index in [2.05, 4.69) is 32.6 Å². The zero-order valence-electron chi connectivity index (χ0n) is 22.3. The molecule has 4 rings (SSSR count). The van der Waals surface area contributed by atoms with E-state index in [4.69, 9.17) is 4.74 Å². The van der Waals surface area contributed by atoms with Gasteiger partial charge in [0.1, 0.15) is 6.61 Å². The first kappa shape index (κ1) is 29.3. The minimum absolute atomic E-state index is 0.0573. The Balaban J connectivity index is 1.61. The first-order valence-electron chi connectivity index (χ1n) is 12.6. The summed E-state index contributed by atoms with van der Waals surface area (Å²) in [6, 6.07) is 17.9. The molecule has 0 fully saturated rings. The van der Waals surface area contributed by atoms with Crippen molar-refractivity contribution in [2.45, 2.75) is 12.6 Å². The van der Waals surface area contributed by atoms with Crippen LogP contribution in [0.15, 0.2) is 66.9 Å². The summed E-state index contributed by atoms with van der Waals surface area (Å²) < 4.78 is 61.5. The van der Waals surface area contributed by atoms with E-state index in [1.807, 2.05) is 0 Å². The number of pyridine rings is 1. The number of carbonyl (C=O) groups excluding carboxylic acids is 1. The van der Waals surface area contributed by atoms with E-state index in [9.17, 15) is 22.4 Å². The van der Waals surface area contributed by atoms with Crippen LogP contribution in [0, 0.1) is 18.1 Å². The molecule has 2 aromatic carbocycles. The van der Waals surface area contributed by atoms with Crippen molar-refractivity contribution >= 4 is 28.0 Å². The highest BCUT2D eigenvalue weighted by Crippen LogP contribution is 2.39. The number of carbonyl (C=O) groups is 1. The van der Waals surface area contributed by atoms with E-state index >= 15 is 0 Å². The summed E-state index contributed by atoms with van der Waals surface area (Å²) in [5.74, 6) is -0.521. The lowest BCUT2D eigenvalue weighted by atomic mass is 9.88. The minimum atomic E-state index is -4.53. The van der Waals surface area contributed by atoms with E-state index in [0.717, 1.165) is 0 Å². The fraction of sp³-hybridized carbons (Fsp3) is 0.233. The van der Waals surface area contributed by atoms with Gasteiger partial charge >= 0.3 is 6.18 Å². The third-order valence-corrected chi connectivity index (χ3v) is 5.97. The summed E-state index contributed by atoms with van der Waals surface area (Å²) in [6.45, 7) is 1.22. The molecule has 0 atom stereocenters. The molecule has 11 heteroatoms. The van der Waals surface area contributed by atoms with E-state index in [1.165, 1.54) is 29.3 Å². The van der Waals surface area contributed by atoms with Gasteiger partial charge in [-0.2, -0.15) is 22.7 Å². The van der Waals surface area contributed by atoms with E-state index in [-0.39, 0.29) is 40.5 Å². The van der Waals surface area contributed by atoms with Crippen molar-refractivity contribution in [3.05, 3.63) is 102 Å². The first-order valence-corrected chi connectivity index (χ1v) is 12.6. The van der Waals surface area contributed by atoms with Gasteiger partial charge in [-0.05, 0) is 47.0 Å². The first-order chi connectivity index (χ1) is 19.6. The topological polar surface area (TPSA) is 83.1 Å². The molecule has 0 aliphatic rings. The number of likely N-dealkylation sites (N-methyl/N-ethyl adjacent to an activating group) is 1. The monoisotopic (exact) mass is 565 g/mol. The number of nitrogens with one attached hydrogen (secondary N) is 2. The van der Waals surface area contributed by atoms with Gasteiger partial charge in [0.25, 0.3) is 0 Å². The highest BCUT2D eigenvalue weighted by atomic mass is 19.4. The number of hydrogen-bond donors (Lipinski definition) is 2. The number of aromatic amines is 1. The predicted octanol–water partition coefficient (Wildman–Crippen LogP) is 5.22. The summed E-state index contributed by atoms with van der Waals surface area (Å²) in [7, 11) is 3.33. The van der Waals surface area contributed by atoms with Crippen molar-refractivity contribution in [3.63, 3.8) is 0 Å². The van der Waals surface area contributed by atoms with Crippen LogP contribution in [0.4, 0.5) is 17.6 Å². The van der Waals surface area contributed by atoms with Crippen LogP contribution in [0.5, 0.6) is 5.88 Å². The molecule has 7 nitrogen and oxygen atoms in total. The highest BCUT2D eigenvalue weighted by Gasteiger charge is 2.32. The van der Waals surface area contributed by atoms with Crippen LogP contribution in [-0.4, -0.2) is 66.0 Å². The SMILES string of the molecule is CN(C)C(=O)/C=C/CNCCOc1ccc(/C(=C(/CC(F)(F)F)c2c#cccc2)c2ccc3n[nH]c(F)c3c2)cn1. The van der Waals surface area contributed by atoms with Gasteiger partial charge in [0.05, 0.1) is 17.3 Å². The minimum Gasteiger partial charge on any atom is -0.476 e. The van der Waals surface area contributed by atoms with Crippen LogP contribution in [0.25, 0.3) is 22.0 Å². The Labute approximate surface area is 234 Å². The Morgan fingerprint density at radius 2 is 1.98 bits per heavy atom. The van der Waals surface area contributed by atoms with Gasteiger partial charge in [-0.1, -0.05) is 30.3 Å².